The van der Waals surface area contributed by atoms with E-state index < -0.39 is 11.7 Å². The van der Waals surface area contributed by atoms with Crippen molar-refractivity contribution in [1.29, 1.82) is 0 Å². The van der Waals surface area contributed by atoms with E-state index in [-0.39, 0.29) is 17.6 Å². The molecule has 30 heavy (non-hydrogen) atoms. The molecule has 3 aromatic carbocycles. The molecule has 0 spiro atoms. The molecule has 0 bridgehead atoms. The summed E-state index contributed by atoms with van der Waals surface area (Å²) in [5.41, 5.74) is 0.152. The van der Waals surface area contributed by atoms with Gasteiger partial charge < -0.3 is 9.47 Å². The van der Waals surface area contributed by atoms with Crippen LogP contribution in [0.5, 0.6) is 17.2 Å². The molecular formula is C25H23F3O2. The van der Waals surface area contributed by atoms with E-state index in [9.17, 15) is 13.2 Å². The molecule has 0 atom stereocenters. The summed E-state index contributed by atoms with van der Waals surface area (Å²) in [6.07, 6.45) is -4.29. The molecule has 0 N–H and O–H groups in total. The van der Waals surface area contributed by atoms with Crippen molar-refractivity contribution in [2.24, 2.45) is 0 Å². The van der Waals surface area contributed by atoms with Crippen LogP contribution in [0.15, 0.2) is 78.9 Å². The van der Waals surface area contributed by atoms with Gasteiger partial charge in [-0.05, 0) is 66.4 Å². The number of hydrogen-bond acceptors (Lipinski definition) is 2. The van der Waals surface area contributed by atoms with Gasteiger partial charge in [0.05, 0.1) is 12.2 Å². The monoisotopic (exact) mass is 412 g/mol. The SMILES string of the molecule is CCOc1ccc(C(=C(CC)c2cccc(Oc3ccccc3)c2)C(F)(F)F)cc1. The van der Waals surface area contributed by atoms with Gasteiger partial charge in [0.1, 0.15) is 17.2 Å². The van der Waals surface area contributed by atoms with E-state index in [0.717, 1.165) is 0 Å². The van der Waals surface area contributed by atoms with Crippen LogP contribution in [0, 0.1) is 0 Å². The van der Waals surface area contributed by atoms with Crippen molar-refractivity contribution in [2.75, 3.05) is 6.61 Å². The molecular weight excluding hydrogens is 389 g/mol. The predicted octanol–water partition coefficient (Wildman–Crippen LogP) is 7.76. The van der Waals surface area contributed by atoms with Crippen molar-refractivity contribution in [3.8, 4) is 17.2 Å². The third-order valence-corrected chi connectivity index (χ3v) is 4.55. The van der Waals surface area contributed by atoms with Gasteiger partial charge in [-0.3, -0.25) is 0 Å². The maximum absolute atomic E-state index is 14.1. The summed E-state index contributed by atoms with van der Waals surface area (Å²) in [6, 6.07) is 21.9. The maximum Gasteiger partial charge on any atom is 0.417 e. The highest BCUT2D eigenvalue weighted by atomic mass is 19.4. The lowest BCUT2D eigenvalue weighted by Gasteiger charge is -2.19. The predicted molar refractivity (Wildman–Crippen MR) is 114 cm³/mol. The smallest absolute Gasteiger partial charge is 0.417 e. The van der Waals surface area contributed by atoms with E-state index in [1.54, 1.807) is 55.5 Å². The van der Waals surface area contributed by atoms with Crippen LogP contribution < -0.4 is 9.47 Å². The minimum absolute atomic E-state index is 0.109. The van der Waals surface area contributed by atoms with Crippen molar-refractivity contribution in [3.05, 3.63) is 90.0 Å². The van der Waals surface area contributed by atoms with Crippen LogP contribution in [0.25, 0.3) is 11.1 Å². The summed E-state index contributed by atoms with van der Waals surface area (Å²) in [5, 5.41) is 0. The fourth-order valence-corrected chi connectivity index (χ4v) is 3.29. The molecule has 0 aliphatic carbocycles. The minimum atomic E-state index is -4.51. The average Bonchev–Trinajstić information content (AvgIpc) is 2.73. The summed E-state index contributed by atoms with van der Waals surface area (Å²) in [5.74, 6) is 1.65. The number of allylic oxidation sites excluding steroid dienone is 2. The van der Waals surface area contributed by atoms with Crippen molar-refractivity contribution in [3.63, 3.8) is 0 Å². The maximum atomic E-state index is 14.1. The van der Waals surface area contributed by atoms with Crippen molar-refractivity contribution < 1.29 is 22.6 Å². The second-order valence-electron chi connectivity index (χ2n) is 6.61. The largest absolute Gasteiger partial charge is 0.494 e. The Hall–Kier alpha value is -3.21. The number of alkyl halides is 3. The number of ether oxygens (including phenoxy) is 2. The number of benzene rings is 3. The topological polar surface area (TPSA) is 18.5 Å². The molecule has 2 nitrogen and oxygen atoms in total. The van der Waals surface area contributed by atoms with Gasteiger partial charge in [0, 0.05) is 0 Å². The normalized spacial score (nSPS) is 12.3. The molecule has 3 aromatic rings. The van der Waals surface area contributed by atoms with Gasteiger partial charge in [0.25, 0.3) is 0 Å². The lowest BCUT2D eigenvalue weighted by molar-refractivity contribution is -0.0686. The van der Waals surface area contributed by atoms with E-state index in [1.165, 1.54) is 12.1 Å². The summed E-state index contributed by atoms with van der Waals surface area (Å²) in [6.45, 7) is 4.00. The molecule has 0 amide bonds. The van der Waals surface area contributed by atoms with Crippen LogP contribution in [0.3, 0.4) is 0 Å². The first-order chi connectivity index (χ1) is 14.4. The Morgan fingerprint density at radius 3 is 2.00 bits per heavy atom. The van der Waals surface area contributed by atoms with E-state index >= 15 is 0 Å². The lowest BCUT2D eigenvalue weighted by atomic mass is 9.92. The Labute approximate surface area is 174 Å². The van der Waals surface area contributed by atoms with E-state index in [1.807, 2.05) is 25.1 Å². The molecule has 3 rings (SSSR count). The molecule has 156 valence electrons. The van der Waals surface area contributed by atoms with Crippen LogP contribution in [-0.4, -0.2) is 12.8 Å². The van der Waals surface area contributed by atoms with E-state index in [4.69, 9.17) is 9.47 Å². The number of halogens is 3. The average molecular weight is 412 g/mol. The van der Waals surface area contributed by atoms with Crippen LogP contribution >= 0.6 is 0 Å². The fraction of sp³-hybridized carbons (Fsp3) is 0.200. The first-order valence-corrected chi connectivity index (χ1v) is 9.79. The molecule has 0 saturated carbocycles. The van der Waals surface area contributed by atoms with Crippen LogP contribution in [0.1, 0.15) is 31.4 Å². The van der Waals surface area contributed by atoms with Gasteiger partial charge in [0.15, 0.2) is 0 Å². The zero-order valence-corrected chi connectivity index (χ0v) is 16.9. The molecule has 5 heteroatoms. The standard InChI is InChI=1S/C25H23F3O2/c1-3-23(19-9-8-12-22(17-19)30-21-10-6-5-7-11-21)24(25(26,27)28)18-13-15-20(16-14-18)29-4-2/h5-17H,3-4H2,1-2H3. The zero-order valence-electron chi connectivity index (χ0n) is 16.9. The molecule has 0 unspecified atom stereocenters. The zero-order chi connectivity index (χ0) is 21.6. The molecule has 0 heterocycles. The van der Waals surface area contributed by atoms with Crippen molar-refractivity contribution in [2.45, 2.75) is 26.4 Å². The molecule has 0 saturated heterocycles. The first-order valence-electron chi connectivity index (χ1n) is 9.79. The number of hydrogen-bond donors (Lipinski definition) is 0. The van der Waals surface area contributed by atoms with Crippen LogP contribution in [0.2, 0.25) is 0 Å². The van der Waals surface area contributed by atoms with E-state index in [0.29, 0.717) is 29.4 Å². The quantitative estimate of drug-likeness (QED) is 0.369. The van der Waals surface area contributed by atoms with Gasteiger partial charge in [-0.1, -0.05) is 49.4 Å². The molecule has 0 fully saturated rings. The van der Waals surface area contributed by atoms with Gasteiger partial charge >= 0.3 is 6.18 Å². The summed E-state index contributed by atoms with van der Waals surface area (Å²) < 4.78 is 53.5. The Morgan fingerprint density at radius 1 is 0.733 bits per heavy atom. The van der Waals surface area contributed by atoms with Gasteiger partial charge in [-0.15, -0.1) is 0 Å². The third-order valence-electron chi connectivity index (χ3n) is 4.55. The van der Waals surface area contributed by atoms with Gasteiger partial charge in [-0.25, -0.2) is 0 Å². The lowest BCUT2D eigenvalue weighted by Crippen LogP contribution is -2.13. The highest BCUT2D eigenvalue weighted by Crippen LogP contribution is 2.42. The molecule has 0 radical (unpaired) electrons. The Bertz CT molecular complexity index is 991. The number of para-hydroxylation sites is 1. The first kappa shape index (κ1) is 21.5. The Morgan fingerprint density at radius 2 is 1.40 bits per heavy atom. The van der Waals surface area contributed by atoms with Crippen molar-refractivity contribution >= 4 is 11.1 Å². The molecule has 0 aliphatic rings. The highest BCUT2D eigenvalue weighted by molar-refractivity contribution is 5.93. The second kappa shape index (κ2) is 9.53. The molecule has 0 aliphatic heterocycles. The van der Waals surface area contributed by atoms with Crippen LogP contribution in [0.4, 0.5) is 13.2 Å². The van der Waals surface area contributed by atoms with E-state index in [2.05, 4.69) is 0 Å². The van der Waals surface area contributed by atoms with Crippen molar-refractivity contribution in [1.82, 2.24) is 0 Å². The Balaban J connectivity index is 2.05. The molecule has 0 aromatic heterocycles. The van der Waals surface area contributed by atoms with Gasteiger partial charge in [-0.2, -0.15) is 13.2 Å². The van der Waals surface area contributed by atoms with Gasteiger partial charge in [0.2, 0.25) is 0 Å². The summed E-state index contributed by atoms with van der Waals surface area (Å²) in [7, 11) is 0. The number of rotatable bonds is 7. The Kier molecular flexibility index (Phi) is 6.83. The van der Waals surface area contributed by atoms with Crippen LogP contribution in [-0.2, 0) is 0 Å². The second-order valence-corrected chi connectivity index (χ2v) is 6.61. The summed E-state index contributed by atoms with van der Waals surface area (Å²) >= 11 is 0. The minimum Gasteiger partial charge on any atom is -0.494 e. The summed E-state index contributed by atoms with van der Waals surface area (Å²) in [4.78, 5) is 0. The highest BCUT2D eigenvalue weighted by Gasteiger charge is 2.37. The fourth-order valence-electron chi connectivity index (χ4n) is 3.29. The third kappa shape index (κ3) is 5.23.